The van der Waals surface area contributed by atoms with E-state index in [9.17, 15) is 13.2 Å². The highest BCUT2D eigenvalue weighted by atomic mass is 32.2. The summed E-state index contributed by atoms with van der Waals surface area (Å²) in [6.07, 6.45) is 0. The molecule has 0 bridgehead atoms. The van der Waals surface area contributed by atoms with Crippen molar-refractivity contribution in [3.8, 4) is 0 Å². The average molecular weight is 446 g/mol. The number of fused-ring (bicyclic) bond motifs is 1. The van der Waals surface area contributed by atoms with Crippen molar-refractivity contribution >= 4 is 27.0 Å². The molecule has 3 aromatic rings. The third-order valence-electron chi connectivity index (χ3n) is 4.92. The van der Waals surface area contributed by atoms with E-state index in [1.165, 1.54) is 16.4 Å². The Balaban J connectivity index is 1.42. The predicted molar refractivity (Wildman–Crippen MR) is 112 cm³/mol. The SMILES string of the molecule is Cc1ccc(CNC(=O)COn2nnc3ccc(S(=O)(=O)N4CCOCC4)cc32)cc1. The number of benzene rings is 2. The molecule has 0 atom stereocenters. The van der Waals surface area contributed by atoms with Crippen LogP contribution in [0.25, 0.3) is 11.0 Å². The van der Waals surface area contributed by atoms with Crippen LogP contribution >= 0.6 is 0 Å². The van der Waals surface area contributed by atoms with E-state index < -0.39 is 10.0 Å². The van der Waals surface area contributed by atoms with Crippen LogP contribution in [0.2, 0.25) is 0 Å². The maximum absolute atomic E-state index is 12.9. The van der Waals surface area contributed by atoms with Gasteiger partial charge in [0.2, 0.25) is 10.0 Å². The van der Waals surface area contributed by atoms with Crippen LogP contribution in [0.15, 0.2) is 47.4 Å². The Morgan fingerprint density at radius 1 is 1.16 bits per heavy atom. The van der Waals surface area contributed by atoms with Crippen molar-refractivity contribution in [3.63, 3.8) is 0 Å². The molecule has 11 heteroatoms. The Labute approximate surface area is 179 Å². The Hall–Kier alpha value is -3.02. The van der Waals surface area contributed by atoms with Gasteiger partial charge in [0.25, 0.3) is 5.91 Å². The quantitative estimate of drug-likeness (QED) is 0.563. The lowest BCUT2D eigenvalue weighted by Crippen LogP contribution is -2.40. The van der Waals surface area contributed by atoms with Gasteiger partial charge in [-0.1, -0.05) is 34.7 Å². The number of sulfonamides is 1. The summed E-state index contributed by atoms with van der Waals surface area (Å²) < 4.78 is 32.4. The van der Waals surface area contributed by atoms with Gasteiger partial charge in [0, 0.05) is 19.6 Å². The number of aromatic nitrogens is 3. The van der Waals surface area contributed by atoms with Crippen LogP contribution in [0.4, 0.5) is 0 Å². The highest BCUT2D eigenvalue weighted by Gasteiger charge is 2.27. The monoisotopic (exact) mass is 445 g/mol. The average Bonchev–Trinajstić information content (AvgIpc) is 3.20. The number of ether oxygens (including phenoxy) is 1. The van der Waals surface area contributed by atoms with Crippen LogP contribution < -0.4 is 10.2 Å². The molecule has 4 rings (SSSR count). The molecule has 164 valence electrons. The van der Waals surface area contributed by atoms with Crippen molar-refractivity contribution in [2.75, 3.05) is 32.9 Å². The first-order chi connectivity index (χ1) is 14.9. The van der Waals surface area contributed by atoms with E-state index in [0.717, 1.165) is 16.0 Å². The minimum absolute atomic E-state index is 0.109. The summed E-state index contributed by atoms with van der Waals surface area (Å²) in [4.78, 5) is 18.8. The third-order valence-corrected chi connectivity index (χ3v) is 6.82. The summed E-state index contributed by atoms with van der Waals surface area (Å²) >= 11 is 0. The number of hydrogen-bond acceptors (Lipinski definition) is 7. The van der Waals surface area contributed by atoms with Crippen LogP contribution in [0.5, 0.6) is 0 Å². The first kappa shape index (κ1) is 21.2. The van der Waals surface area contributed by atoms with E-state index in [0.29, 0.717) is 43.9 Å². The number of carbonyl (C=O) groups excluding carboxylic acids is 1. The molecule has 1 N–H and O–H groups in total. The largest absolute Gasteiger partial charge is 0.385 e. The molecule has 1 amide bonds. The van der Waals surface area contributed by atoms with Gasteiger partial charge in [0.15, 0.2) is 6.61 Å². The molecule has 0 spiro atoms. The molecule has 0 radical (unpaired) electrons. The van der Waals surface area contributed by atoms with Crippen LogP contribution in [0, 0.1) is 6.92 Å². The second kappa shape index (κ2) is 9.00. The van der Waals surface area contributed by atoms with Crippen molar-refractivity contribution in [3.05, 3.63) is 53.6 Å². The molecule has 1 aliphatic heterocycles. The number of aryl methyl sites for hydroxylation is 1. The predicted octanol–water partition coefficient (Wildman–Crippen LogP) is 0.506. The molecule has 31 heavy (non-hydrogen) atoms. The molecular weight excluding hydrogens is 422 g/mol. The zero-order valence-electron chi connectivity index (χ0n) is 17.0. The minimum atomic E-state index is -3.67. The summed E-state index contributed by atoms with van der Waals surface area (Å²) in [5.74, 6) is -0.332. The van der Waals surface area contributed by atoms with Crippen molar-refractivity contribution in [2.24, 2.45) is 0 Å². The highest BCUT2D eigenvalue weighted by Crippen LogP contribution is 2.21. The first-order valence-electron chi connectivity index (χ1n) is 9.82. The van der Waals surface area contributed by atoms with Gasteiger partial charge in [-0.2, -0.15) is 4.31 Å². The van der Waals surface area contributed by atoms with Gasteiger partial charge < -0.3 is 14.9 Å². The Bertz CT molecular complexity index is 1170. The van der Waals surface area contributed by atoms with Gasteiger partial charge in [0.05, 0.1) is 18.1 Å². The van der Waals surface area contributed by atoms with Crippen molar-refractivity contribution < 1.29 is 22.8 Å². The molecule has 2 aromatic carbocycles. The zero-order chi connectivity index (χ0) is 21.8. The molecule has 10 nitrogen and oxygen atoms in total. The molecule has 0 saturated carbocycles. The summed E-state index contributed by atoms with van der Waals surface area (Å²) in [5.41, 5.74) is 2.94. The summed E-state index contributed by atoms with van der Waals surface area (Å²) in [7, 11) is -3.67. The van der Waals surface area contributed by atoms with Gasteiger partial charge in [-0.15, -0.1) is 5.10 Å². The molecule has 1 saturated heterocycles. The first-order valence-corrected chi connectivity index (χ1v) is 11.3. The molecule has 1 aromatic heterocycles. The van der Waals surface area contributed by atoms with E-state index in [4.69, 9.17) is 9.57 Å². The van der Waals surface area contributed by atoms with Crippen molar-refractivity contribution in [1.82, 2.24) is 24.8 Å². The lowest BCUT2D eigenvalue weighted by atomic mass is 10.1. The molecule has 2 heterocycles. The number of hydrogen-bond donors (Lipinski definition) is 1. The smallest absolute Gasteiger partial charge is 0.261 e. The number of amides is 1. The summed E-state index contributed by atoms with van der Waals surface area (Å²) in [6, 6.07) is 12.3. The van der Waals surface area contributed by atoms with Crippen LogP contribution in [-0.2, 0) is 26.1 Å². The molecule has 1 fully saturated rings. The zero-order valence-corrected chi connectivity index (χ0v) is 17.8. The second-order valence-corrected chi connectivity index (χ2v) is 9.10. The molecule has 1 aliphatic rings. The van der Waals surface area contributed by atoms with Gasteiger partial charge >= 0.3 is 0 Å². The summed E-state index contributed by atoms with van der Waals surface area (Å²) in [6.45, 7) is 3.41. The van der Waals surface area contributed by atoms with Crippen LogP contribution in [0.1, 0.15) is 11.1 Å². The lowest BCUT2D eigenvalue weighted by Gasteiger charge is -2.26. The standard InChI is InChI=1S/C20H23N5O5S/c1-15-2-4-16(5-3-15)13-21-20(26)14-30-25-19-12-17(6-7-18(19)22-23-25)31(27,28)24-8-10-29-11-9-24/h2-7,12H,8-11,13-14H2,1H3,(H,21,26). The van der Waals surface area contributed by atoms with Crippen molar-refractivity contribution in [2.45, 2.75) is 18.4 Å². The number of rotatable bonds is 7. The van der Waals surface area contributed by atoms with Crippen LogP contribution in [0.3, 0.4) is 0 Å². The highest BCUT2D eigenvalue weighted by molar-refractivity contribution is 7.89. The van der Waals surface area contributed by atoms with Gasteiger partial charge in [-0.25, -0.2) is 8.42 Å². The fourth-order valence-corrected chi connectivity index (χ4v) is 4.58. The maximum atomic E-state index is 12.9. The van der Waals surface area contributed by atoms with Crippen LogP contribution in [-0.4, -0.2) is 66.7 Å². The normalized spacial score (nSPS) is 15.1. The number of nitrogens with zero attached hydrogens (tertiary/aromatic N) is 4. The third kappa shape index (κ3) is 4.84. The molecule has 0 unspecified atom stereocenters. The van der Waals surface area contributed by atoms with E-state index in [1.807, 2.05) is 31.2 Å². The fraction of sp³-hybridized carbons (Fsp3) is 0.350. The molecule has 0 aliphatic carbocycles. The lowest BCUT2D eigenvalue weighted by molar-refractivity contribution is -0.126. The number of nitrogens with one attached hydrogen (secondary N) is 1. The van der Waals surface area contributed by atoms with Gasteiger partial charge in [-0.05, 0) is 35.9 Å². The van der Waals surface area contributed by atoms with Crippen molar-refractivity contribution in [1.29, 1.82) is 0 Å². The minimum Gasteiger partial charge on any atom is -0.385 e. The maximum Gasteiger partial charge on any atom is 0.261 e. The topological polar surface area (TPSA) is 116 Å². The Morgan fingerprint density at radius 3 is 2.65 bits per heavy atom. The number of carbonyl (C=O) groups is 1. The fourth-order valence-electron chi connectivity index (χ4n) is 3.15. The van der Waals surface area contributed by atoms with E-state index in [-0.39, 0.29) is 17.4 Å². The summed E-state index contributed by atoms with van der Waals surface area (Å²) in [5, 5.41) is 10.6. The Kier molecular flexibility index (Phi) is 6.16. The van der Waals surface area contributed by atoms with Gasteiger partial charge in [0.1, 0.15) is 11.0 Å². The van der Waals surface area contributed by atoms with Gasteiger partial charge in [-0.3, -0.25) is 4.79 Å². The second-order valence-electron chi connectivity index (χ2n) is 7.17. The van der Waals surface area contributed by atoms with E-state index >= 15 is 0 Å². The Morgan fingerprint density at radius 2 is 1.90 bits per heavy atom. The molecular formula is C20H23N5O5S. The number of morpholine rings is 1. The van der Waals surface area contributed by atoms with E-state index in [1.54, 1.807) is 6.07 Å². The van der Waals surface area contributed by atoms with E-state index in [2.05, 4.69) is 15.6 Å².